The van der Waals surface area contributed by atoms with Crippen LogP contribution in [0.1, 0.15) is 5.56 Å². The molecular weight excluding hydrogens is 423 g/mol. The molecule has 0 radical (unpaired) electrons. The largest absolute Gasteiger partial charge is 0.496 e. The Morgan fingerprint density at radius 3 is 2.59 bits per heavy atom. The van der Waals surface area contributed by atoms with Gasteiger partial charge in [-0.1, -0.05) is 29.3 Å². The maximum absolute atomic E-state index is 13.0. The smallest absolute Gasteiger partial charge is 0.336 e. The van der Waals surface area contributed by atoms with Crippen LogP contribution in [0.5, 0.6) is 17.2 Å². The molecule has 1 saturated heterocycles. The molecule has 4 rings (SSSR count). The minimum atomic E-state index is -0.932. The number of urea groups is 1. The fourth-order valence-corrected chi connectivity index (χ4v) is 3.31. The van der Waals surface area contributed by atoms with Crippen LogP contribution in [0.25, 0.3) is 6.08 Å². The summed E-state index contributed by atoms with van der Waals surface area (Å²) in [6.07, 6.45) is 1.30. The van der Waals surface area contributed by atoms with Gasteiger partial charge in [0.15, 0.2) is 11.5 Å². The van der Waals surface area contributed by atoms with E-state index in [-0.39, 0.29) is 28.1 Å². The summed E-state index contributed by atoms with van der Waals surface area (Å²) in [7, 11) is 1.43. The van der Waals surface area contributed by atoms with Gasteiger partial charge in [0, 0.05) is 11.6 Å². The number of nitrogens with one attached hydrogen (secondary N) is 1. The fourth-order valence-electron chi connectivity index (χ4n) is 2.93. The average molecular weight is 435 g/mol. The molecule has 0 aromatic heterocycles. The van der Waals surface area contributed by atoms with E-state index in [1.54, 1.807) is 12.1 Å². The Morgan fingerprint density at radius 2 is 1.86 bits per heavy atom. The lowest BCUT2D eigenvalue weighted by Gasteiger charge is -2.27. The molecule has 0 aliphatic carbocycles. The normalized spacial score (nSPS) is 17.0. The zero-order valence-corrected chi connectivity index (χ0v) is 16.3. The predicted molar refractivity (Wildman–Crippen MR) is 105 cm³/mol. The number of fused-ring (bicyclic) bond motifs is 1. The van der Waals surface area contributed by atoms with Crippen LogP contribution in [0.4, 0.5) is 10.5 Å². The molecule has 0 unspecified atom stereocenters. The zero-order chi connectivity index (χ0) is 20.7. The van der Waals surface area contributed by atoms with Gasteiger partial charge in [0.2, 0.25) is 6.79 Å². The van der Waals surface area contributed by atoms with Gasteiger partial charge < -0.3 is 14.2 Å². The Bertz CT molecular complexity index is 1100. The maximum atomic E-state index is 13.0. The highest BCUT2D eigenvalue weighted by Crippen LogP contribution is 2.39. The summed E-state index contributed by atoms with van der Waals surface area (Å²) >= 11 is 12.1. The third kappa shape index (κ3) is 3.26. The zero-order valence-electron chi connectivity index (χ0n) is 14.8. The molecule has 2 aromatic carbocycles. The van der Waals surface area contributed by atoms with Crippen LogP contribution < -0.4 is 24.4 Å². The van der Waals surface area contributed by atoms with Crippen LogP contribution in [-0.2, 0) is 9.59 Å². The highest BCUT2D eigenvalue weighted by atomic mass is 35.5. The van der Waals surface area contributed by atoms with Crippen LogP contribution >= 0.6 is 23.2 Å². The molecule has 2 aliphatic heterocycles. The number of methoxy groups -OCH3 is 1. The summed E-state index contributed by atoms with van der Waals surface area (Å²) in [6.45, 7) is 0.0491. The monoisotopic (exact) mass is 434 g/mol. The Hall–Kier alpha value is -3.23. The van der Waals surface area contributed by atoms with Gasteiger partial charge in [-0.2, -0.15) is 0 Å². The number of barbiturate groups is 1. The lowest BCUT2D eigenvalue weighted by atomic mass is 10.1. The van der Waals surface area contributed by atoms with Gasteiger partial charge in [-0.25, -0.2) is 9.69 Å². The topological polar surface area (TPSA) is 94.2 Å². The number of carbonyl (C=O) groups is 3. The summed E-state index contributed by atoms with van der Waals surface area (Å²) < 4.78 is 15.9. The number of nitrogens with zero attached hydrogens (tertiary/aromatic N) is 1. The van der Waals surface area contributed by atoms with Crippen molar-refractivity contribution in [2.75, 3.05) is 18.8 Å². The van der Waals surface area contributed by atoms with Gasteiger partial charge in [-0.3, -0.25) is 14.9 Å². The number of anilines is 1. The maximum Gasteiger partial charge on any atom is 0.336 e. The minimum Gasteiger partial charge on any atom is -0.496 e. The minimum absolute atomic E-state index is 0.00651. The first kappa shape index (κ1) is 19.1. The summed E-state index contributed by atoms with van der Waals surface area (Å²) in [4.78, 5) is 38.5. The van der Waals surface area contributed by atoms with Gasteiger partial charge in [-0.15, -0.1) is 0 Å². The number of imide groups is 2. The molecule has 8 nitrogen and oxygen atoms in total. The first-order valence-corrected chi connectivity index (χ1v) is 8.99. The van der Waals surface area contributed by atoms with E-state index in [4.69, 9.17) is 37.4 Å². The summed E-state index contributed by atoms with van der Waals surface area (Å²) in [5, 5.41) is 2.29. The van der Waals surface area contributed by atoms with Crippen LogP contribution in [-0.4, -0.2) is 31.7 Å². The molecule has 4 amide bonds. The standard InChI is InChI=1S/C19H12Cl2N2O6/c1-27-13-7-15-14(28-8-29-15)6-9(13)5-10-17(24)22-19(26)23(18(10)25)12-4-2-3-11(20)16(12)21/h2-7H,8H2,1H3,(H,22,24,26)/b10-5-. The second-order valence-electron chi connectivity index (χ2n) is 5.98. The van der Waals surface area contributed by atoms with Crippen LogP contribution in [0.15, 0.2) is 35.9 Å². The van der Waals surface area contributed by atoms with Crippen molar-refractivity contribution < 1.29 is 28.6 Å². The molecule has 2 heterocycles. The molecule has 0 spiro atoms. The Kier molecular flexibility index (Phi) is 4.81. The quantitative estimate of drug-likeness (QED) is 0.587. The van der Waals surface area contributed by atoms with Crippen LogP contribution in [0, 0.1) is 0 Å². The molecule has 0 bridgehead atoms. The van der Waals surface area contributed by atoms with E-state index in [1.165, 1.54) is 31.4 Å². The van der Waals surface area contributed by atoms with E-state index in [0.29, 0.717) is 22.8 Å². The number of amides is 4. The summed E-state index contributed by atoms with van der Waals surface area (Å²) in [6, 6.07) is 6.71. The Labute approximate surface area is 174 Å². The van der Waals surface area contributed by atoms with E-state index < -0.39 is 17.8 Å². The fraction of sp³-hybridized carbons (Fsp3) is 0.105. The third-order valence-electron chi connectivity index (χ3n) is 4.30. The van der Waals surface area contributed by atoms with Crippen molar-refractivity contribution in [2.45, 2.75) is 0 Å². The first-order valence-electron chi connectivity index (χ1n) is 8.24. The lowest BCUT2D eigenvalue weighted by molar-refractivity contribution is -0.122. The van der Waals surface area contributed by atoms with Crippen molar-refractivity contribution in [3.63, 3.8) is 0 Å². The van der Waals surface area contributed by atoms with Crippen molar-refractivity contribution in [3.05, 3.63) is 51.5 Å². The predicted octanol–water partition coefficient (Wildman–Crippen LogP) is 3.40. The Morgan fingerprint density at radius 1 is 1.14 bits per heavy atom. The summed E-state index contributed by atoms with van der Waals surface area (Å²) in [5.41, 5.74) is 0.150. The SMILES string of the molecule is COc1cc2c(cc1/C=C1/C(=O)NC(=O)N(c3cccc(Cl)c3Cl)C1=O)OCO2. The third-order valence-corrected chi connectivity index (χ3v) is 5.11. The molecule has 1 fully saturated rings. The van der Waals surface area contributed by atoms with Crippen LogP contribution in [0.3, 0.4) is 0 Å². The van der Waals surface area contributed by atoms with Gasteiger partial charge in [0.05, 0.1) is 22.8 Å². The average Bonchev–Trinajstić information content (AvgIpc) is 3.14. The number of halogens is 2. The van der Waals surface area contributed by atoms with E-state index in [0.717, 1.165) is 4.90 Å². The van der Waals surface area contributed by atoms with Gasteiger partial charge in [0.1, 0.15) is 11.3 Å². The lowest BCUT2D eigenvalue weighted by Crippen LogP contribution is -2.54. The highest BCUT2D eigenvalue weighted by Gasteiger charge is 2.38. The van der Waals surface area contributed by atoms with E-state index in [1.807, 2.05) is 0 Å². The second kappa shape index (κ2) is 7.31. The molecule has 10 heteroatoms. The first-order chi connectivity index (χ1) is 13.9. The number of rotatable bonds is 3. The molecule has 2 aliphatic rings. The van der Waals surface area contributed by atoms with Gasteiger partial charge >= 0.3 is 6.03 Å². The number of ether oxygens (including phenoxy) is 3. The highest BCUT2D eigenvalue weighted by molar-refractivity contribution is 6.46. The number of hydrogen-bond donors (Lipinski definition) is 1. The van der Waals surface area contributed by atoms with Crippen LogP contribution in [0.2, 0.25) is 10.0 Å². The van der Waals surface area contributed by atoms with Crippen molar-refractivity contribution in [2.24, 2.45) is 0 Å². The molecule has 2 aromatic rings. The molecular formula is C19H12Cl2N2O6. The second-order valence-corrected chi connectivity index (χ2v) is 6.76. The van der Waals surface area contributed by atoms with Crippen molar-refractivity contribution in [1.29, 1.82) is 0 Å². The molecule has 0 saturated carbocycles. The van der Waals surface area contributed by atoms with Crippen molar-refractivity contribution in [3.8, 4) is 17.2 Å². The van der Waals surface area contributed by atoms with Crippen molar-refractivity contribution >= 4 is 52.8 Å². The number of carbonyl (C=O) groups excluding carboxylic acids is 3. The molecule has 0 atom stereocenters. The molecule has 148 valence electrons. The number of benzene rings is 2. The molecule has 29 heavy (non-hydrogen) atoms. The van der Waals surface area contributed by atoms with E-state index >= 15 is 0 Å². The van der Waals surface area contributed by atoms with Crippen molar-refractivity contribution in [1.82, 2.24) is 5.32 Å². The molecule has 1 N–H and O–H groups in total. The van der Waals surface area contributed by atoms with Gasteiger partial charge in [-0.05, 0) is 24.3 Å². The van der Waals surface area contributed by atoms with E-state index in [2.05, 4.69) is 5.32 Å². The number of hydrogen-bond acceptors (Lipinski definition) is 6. The Balaban J connectivity index is 1.80. The van der Waals surface area contributed by atoms with Gasteiger partial charge in [0.25, 0.3) is 11.8 Å². The van der Waals surface area contributed by atoms with E-state index in [9.17, 15) is 14.4 Å². The summed E-state index contributed by atoms with van der Waals surface area (Å²) in [5.74, 6) is -0.443.